The average molecular weight is 435 g/mol. The standard InChI is InChI=1S/C25H26FN3O3/c1-2-6-20(19-7-4-3-5-8-19)16-28-17-27(15-18-9-11-21(26)12-10-18)25(32)23-24(31)22(30)13-14-29(23)28/h3-5,7-14,20,31H,2,6,15-17H2,1H3/t20-/m1/s1. The van der Waals surface area contributed by atoms with E-state index in [4.69, 9.17) is 0 Å². The molecular weight excluding hydrogens is 409 g/mol. The number of carbonyl (C=O) groups excluding carboxylic acids is 1. The first-order chi connectivity index (χ1) is 15.5. The fraction of sp³-hybridized carbons (Fsp3) is 0.280. The summed E-state index contributed by atoms with van der Waals surface area (Å²) in [6.07, 6.45) is 3.49. The second kappa shape index (κ2) is 9.26. The van der Waals surface area contributed by atoms with Crippen LogP contribution in [0.3, 0.4) is 0 Å². The Kier molecular flexibility index (Phi) is 6.25. The van der Waals surface area contributed by atoms with Crippen LogP contribution < -0.4 is 10.4 Å². The topological polar surface area (TPSA) is 65.8 Å². The van der Waals surface area contributed by atoms with Gasteiger partial charge in [-0.2, -0.15) is 0 Å². The van der Waals surface area contributed by atoms with Crippen molar-refractivity contribution < 1.29 is 14.3 Å². The van der Waals surface area contributed by atoms with Crippen molar-refractivity contribution in [3.05, 3.63) is 99.7 Å². The molecule has 0 spiro atoms. The molecule has 7 heteroatoms. The molecule has 0 bridgehead atoms. The highest BCUT2D eigenvalue weighted by Gasteiger charge is 2.33. The van der Waals surface area contributed by atoms with Crippen LogP contribution in [0.5, 0.6) is 5.75 Å². The van der Waals surface area contributed by atoms with Crippen molar-refractivity contribution in [2.75, 3.05) is 18.2 Å². The number of benzene rings is 2. The second-order valence-electron chi connectivity index (χ2n) is 8.08. The van der Waals surface area contributed by atoms with Crippen molar-refractivity contribution >= 4 is 5.91 Å². The van der Waals surface area contributed by atoms with E-state index in [0.717, 1.165) is 18.4 Å². The number of aromatic nitrogens is 1. The molecule has 1 amide bonds. The van der Waals surface area contributed by atoms with Crippen molar-refractivity contribution in [3.63, 3.8) is 0 Å². The van der Waals surface area contributed by atoms with Crippen molar-refractivity contribution in [2.24, 2.45) is 0 Å². The predicted octanol–water partition coefficient (Wildman–Crippen LogP) is 3.83. The van der Waals surface area contributed by atoms with Gasteiger partial charge < -0.3 is 10.0 Å². The van der Waals surface area contributed by atoms with Crippen LogP contribution in [0.2, 0.25) is 0 Å². The molecule has 1 aliphatic heterocycles. The van der Waals surface area contributed by atoms with Crippen LogP contribution in [-0.2, 0) is 6.54 Å². The van der Waals surface area contributed by atoms with E-state index < -0.39 is 17.1 Å². The number of halogens is 1. The molecule has 6 nitrogen and oxygen atoms in total. The number of aromatic hydroxyl groups is 1. The molecular formula is C25H26FN3O3. The van der Waals surface area contributed by atoms with Crippen LogP contribution >= 0.6 is 0 Å². The summed E-state index contributed by atoms with van der Waals surface area (Å²) in [7, 11) is 0. The number of rotatable bonds is 7. The van der Waals surface area contributed by atoms with Crippen LogP contribution in [0, 0.1) is 5.82 Å². The lowest BCUT2D eigenvalue weighted by molar-refractivity contribution is 0.0671. The zero-order valence-electron chi connectivity index (χ0n) is 17.9. The zero-order chi connectivity index (χ0) is 22.7. The van der Waals surface area contributed by atoms with Crippen LogP contribution in [0.25, 0.3) is 0 Å². The van der Waals surface area contributed by atoms with E-state index in [9.17, 15) is 19.1 Å². The maximum absolute atomic E-state index is 13.3. The van der Waals surface area contributed by atoms with E-state index in [1.165, 1.54) is 23.8 Å². The van der Waals surface area contributed by atoms with Gasteiger partial charge in [-0.3, -0.25) is 19.3 Å². The molecule has 0 aliphatic carbocycles. The number of hydrogen-bond donors (Lipinski definition) is 1. The molecule has 2 aromatic carbocycles. The Bertz CT molecular complexity index is 1150. The summed E-state index contributed by atoms with van der Waals surface area (Å²) in [5, 5.41) is 12.4. The number of carbonyl (C=O) groups is 1. The highest BCUT2D eigenvalue weighted by Crippen LogP contribution is 2.26. The molecule has 4 rings (SSSR count). The van der Waals surface area contributed by atoms with E-state index in [0.29, 0.717) is 6.54 Å². The number of nitrogens with zero attached hydrogens (tertiary/aromatic N) is 3. The Morgan fingerprint density at radius 1 is 1.03 bits per heavy atom. The molecule has 166 valence electrons. The summed E-state index contributed by atoms with van der Waals surface area (Å²) in [5.74, 6) is -1.14. The summed E-state index contributed by atoms with van der Waals surface area (Å²) in [6.45, 7) is 3.24. The zero-order valence-corrected chi connectivity index (χ0v) is 17.9. The highest BCUT2D eigenvalue weighted by molar-refractivity contribution is 5.96. The van der Waals surface area contributed by atoms with Gasteiger partial charge in [-0.15, -0.1) is 0 Å². The highest BCUT2D eigenvalue weighted by atomic mass is 19.1. The Morgan fingerprint density at radius 3 is 2.44 bits per heavy atom. The van der Waals surface area contributed by atoms with Crippen LogP contribution in [0.4, 0.5) is 4.39 Å². The molecule has 0 radical (unpaired) electrons. The molecule has 0 saturated heterocycles. The Labute approximate surface area is 186 Å². The number of amides is 1. The van der Waals surface area contributed by atoms with Gasteiger partial charge in [0.05, 0.1) is 0 Å². The molecule has 32 heavy (non-hydrogen) atoms. The first-order valence-corrected chi connectivity index (χ1v) is 10.8. The van der Waals surface area contributed by atoms with E-state index in [2.05, 4.69) is 19.1 Å². The summed E-state index contributed by atoms with van der Waals surface area (Å²) >= 11 is 0. The van der Waals surface area contributed by atoms with Gasteiger partial charge in [0.25, 0.3) is 5.91 Å². The van der Waals surface area contributed by atoms with Crippen LogP contribution in [0.1, 0.15) is 47.3 Å². The molecule has 1 aliphatic rings. The van der Waals surface area contributed by atoms with Gasteiger partial charge in [0.2, 0.25) is 5.43 Å². The quantitative estimate of drug-likeness (QED) is 0.613. The maximum Gasteiger partial charge on any atom is 0.278 e. The third-order valence-corrected chi connectivity index (χ3v) is 5.81. The predicted molar refractivity (Wildman–Crippen MR) is 121 cm³/mol. The van der Waals surface area contributed by atoms with Crippen molar-refractivity contribution in [2.45, 2.75) is 32.2 Å². The minimum Gasteiger partial charge on any atom is -0.502 e. The number of pyridine rings is 1. The van der Waals surface area contributed by atoms with Crippen LogP contribution in [0.15, 0.2) is 71.7 Å². The molecule has 1 aromatic heterocycles. The normalized spacial score (nSPS) is 14.4. The summed E-state index contributed by atoms with van der Waals surface area (Å²) in [4.78, 5) is 26.9. The Hall–Kier alpha value is -3.61. The molecule has 2 heterocycles. The summed E-state index contributed by atoms with van der Waals surface area (Å²) < 4.78 is 14.9. The Morgan fingerprint density at radius 2 is 1.75 bits per heavy atom. The monoisotopic (exact) mass is 435 g/mol. The van der Waals surface area contributed by atoms with Gasteiger partial charge in [0.15, 0.2) is 11.4 Å². The fourth-order valence-corrected chi connectivity index (χ4v) is 4.20. The summed E-state index contributed by atoms with van der Waals surface area (Å²) in [6, 6.07) is 17.4. The smallest absolute Gasteiger partial charge is 0.278 e. The number of fused-ring (bicyclic) bond motifs is 1. The van der Waals surface area contributed by atoms with Crippen LogP contribution in [-0.4, -0.2) is 33.8 Å². The third kappa shape index (κ3) is 4.37. The van der Waals surface area contributed by atoms with Gasteiger partial charge in [-0.1, -0.05) is 55.8 Å². The molecule has 3 aromatic rings. The van der Waals surface area contributed by atoms with Crippen molar-refractivity contribution in [1.82, 2.24) is 9.58 Å². The minimum atomic E-state index is -0.596. The average Bonchev–Trinajstić information content (AvgIpc) is 2.80. The molecule has 0 fully saturated rings. The van der Waals surface area contributed by atoms with E-state index >= 15 is 0 Å². The molecule has 0 unspecified atom stereocenters. The summed E-state index contributed by atoms with van der Waals surface area (Å²) in [5.41, 5.74) is 1.32. The first kappa shape index (κ1) is 21.6. The largest absolute Gasteiger partial charge is 0.502 e. The molecule has 1 atom stereocenters. The lowest BCUT2D eigenvalue weighted by Gasteiger charge is -2.41. The van der Waals surface area contributed by atoms with Crippen molar-refractivity contribution in [3.8, 4) is 5.75 Å². The molecule has 0 saturated carbocycles. The third-order valence-electron chi connectivity index (χ3n) is 5.81. The van der Waals surface area contributed by atoms with E-state index in [1.807, 2.05) is 23.2 Å². The fourth-order valence-electron chi connectivity index (χ4n) is 4.20. The van der Waals surface area contributed by atoms with E-state index in [-0.39, 0.29) is 30.6 Å². The Balaban J connectivity index is 1.70. The first-order valence-electron chi connectivity index (χ1n) is 10.8. The van der Waals surface area contributed by atoms with Gasteiger partial charge in [-0.25, -0.2) is 4.39 Å². The second-order valence-corrected chi connectivity index (χ2v) is 8.08. The number of hydrogen-bond acceptors (Lipinski definition) is 4. The van der Waals surface area contributed by atoms with Gasteiger partial charge >= 0.3 is 0 Å². The lowest BCUT2D eigenvalue weighted by atomic mass is 9.94. The SMILES string of the molecule is CCC[C@H](CN1CN(Cc2ccc(F)cc2)C(=O)c2c(O)c(=O)ccn21)c1ccccc1. The van der Waals surface area contributed by atoms with E-state index in [1.54, 1.807) is 27.9 Å². The maximum atomic E-state index is 13.3. The van der Waals surface area contributed by atoms with Gasteiger partial charge in [0.1, 0.15) is 12.5 Å². The molecule has 1 N–H and O–H groups in total. The van der Waals surface area contributed by atoms with Crippen molar-refractivity contribution in [1.29, 1.82) is 0 Å². The minimum absolute atomic E-state index is 0.0471. The van der Waals surface area contributed by atoms with Gasteiger partial charge in [-0.05, 0) is 29.7 Å². The van der Waals surface area contributed by atoms with Gasteiger partial charge in [0, 0.05) is 31.3 Å². The lowest BCUT2D eigenvalue weighted by Crippen LogP contribution is -2.54.